The molecule has 1 aromatic carbocycles. The molecule has 0 radical (unpaired) electrons. The Morgan fingerprint density at radius 2 is 2.04 bits per heavy atom. The first-order chi connectivity index (χ1) is 11.7. The highest BCUT2D eigenvalue weighted by Crippen LogP contribution is 2.47. The molecule has 1 amide bonds. The average Bonchev–Trinajstić information content (AvgIpc) is 3.19. The monoisotopic (exact) mass is 327 g/mol. The molecule has 4 rings (SSSR count). The summed E-state index contributed by atoms with van der Waals surface area (Å²) in [6.45, 7) is 4.37. The lowest BCUT2D eigenvalue weighted by molar-refractivity contribution is 0.0996. The van der Waals surface area contributed by atoms with Crippen LogP contribution in [0.25, 0.3) is 10.9 Å². The standard InChI is InChI=1S/C19H25N3O2/c20-18(23)16-11-14-15(21-16)5-4-6-17(14)24-13-19(7-8-19)12-22-9-2-1-3-10-22/h4-6,11,21H,1-3,7-10,12-13H2,(H2,20,23). The zero-order valence-electron chi connectivity index (χ0n) is 14.0. The number of rotatable bonds is 6. The van der Waals surface area contributed by atoms with Gasteiger partial charge in [0.05, 0.1) is 6.61 Å². The number of aromatic amines is 1. The third-order valence-electron chi connectivity index (χ3n) is 5.39. The van der Waals surface area contributed by atoms with Gasteiger partial charge >= 0.3 is 0 Å². The summed E-state index contributed by atoms with van der Waals surface area (Å²) < 4.78 is 6.18. The molecule has 0 atom stereocenters. The lowest BCUT2D eigenvalue weighted by atomic mass is 10.0. The first-order valence-electron chi connectivity index (χ1n) is 8.92. The van der Waals surface area contributed by atoms with Crippen LogP contribution in [-0.4, -0.2) is 42.0 Å². The Bertz CT molecular complexity index is 742. The van der Waals surface area contributed by atoms with Crippen LogP contribution in [0.2, 0.25) is 0 Å². The minimum atomic E-state index is -0.444. The van der Waals surface area contributed by atoms with E-state index in [0.29, 0.717) is 11.1 Å². The lowest BCUT2D eigenvalue weighted by Crippen LogP contribution is -2.37. The fourth-order valence-electron chi connectivity index (χ4n) is 3.73. The van der Waals surface area contributed by atoms with Crippen LogP contribution in [0.1, 0.15) is 42.6 Å². The summed E-state index contributed by atoms with van der Waals surface area (Å²) in [7, 11) is 0. The number of hydrogen-bond acceptors (Lipinski definition) is 3. The molecule has 24 heavy (non-hydrogen) atoms. The fourth-order valence-corrected chi connectivity index (χ4v) is 3.73. The number of amides is 1. The van der Waals surface area contributed by atoms with E-state index in [1.54, 1.807) is 6.07 Å². The van der Waals surface area contributed by atoms with Crippen molar-refractivity contribution < 1.29 is 9.53 Å². The van der Waals surface area contributed by atoms with Crippen molar-refractivity contribution in [1.29, 1.82) is 0 Å². The highest BCUT2D eigenvalue weighted by atomic mass is 16.5. The zero-order chi connectivity index (χ0) is 16.6. The van der Waals surface area contributed by atoms with Gasteiger partial charge in [-0.05, 0) is 57.0 Å². The van der Waals surface area contributed by atoms with Crippen molar-refractivity contribution in [1.82, 2.24) is 9.88 Å². The Balaban J connectivity index is 1.45. The first kappa shape index (κ1) is 15.5. The van der Waals surface area contributed by atoms with Gasteiger partial charge in [-0.1, -0.05) is 12.5 Å². The third-order valence-corrected chi connectivity index (χ3v) is 5.39. The van der Waals surface area contributed by atoms with Gasteiger partial charge in [-0.15, -0.1) is 0 Å². The Labute approximate surface area is 142 Å². The van der Waals surface area contributed by atoms with Crippen LogP contribution in [-0.2, 0) is 0 Å². The molecular formula is C19H25N3O2. The van der Waals surface area contributed by atoms with E-state index >= 15 is 0 Å². The predicted molar refractivity (Wildman–Crippen MR) is 94.3 cm³/mol. The molecule has 1 saturated heterocycles. The second-order valence-electron chi connectivity index (χ2n) is 7.39. The number of carbonyl (C=O) groups excluding carboxylic acids is 1. The number of aromatic nitrogens is 1. The Kier molecular flexibility index (Phi) is 3.96. The van der Waals surface area contributed by atoms with Gasteiger partial charge in [0, 0.05) is 22.9 Å². The van der Waals surface area contributed by atoms with Crippen molar-refractivity contribution in [3.8, 4) is 5.75 Å². The van der Waals surface area contributed by atoms with Gasteiger partial charge < -0.3 is 20.4 Å². The first-order valence-corrected chi connectivity index (χ1v) is 8.92. The quantitative estimate of drug-likeness (QED) is 0.857. The molecule has 2 aliphatic rings. The van der Waals surface area contributed by atoms with Gasteiger partial charge in [-0.25, -0.2) is 0 Å². The Morgan fingerprint density at radius 1 is 1.25 bits per heavy atom. The SMILES string of the molecule is NC(=O)c1cc2c(OCC3(CN4CCCCC4)CC3)cccc2[nH]1. The van der Waals surface area contributed by atoms with Gasteiger partial charge in [0.2, 0.25) is 0 Å². The van der Waals surface area contributed by atoms with Crippen molar-refractivity contribution in [3.05, 3.63) is 30.0 Å². The minimum absolute atomic E-state index is 0.322. The molecule has 2 fully saturated rings. The summed E-state index contributed by atoms with van der Waals surface area (Å²) in [5.41, 5.74) is 7.01. The molecule has 1 aliphatic heterocycles. The van der Waals surface area contributed by atoms with E-state index in [-0.39, 0.29) is 0 Å². The number of nitrogens with two attached hydrogens (primary N) is 1. The van der Waals surface area contributed by atoms with Crippen molar-refractivity contribution in [2.45, 2.75) is 32.1 Å². The maximum absolute atomic E-state index is 11.4. The predicted octanol–water partition coefficient (Wildman–Crippen LogP) is 2.91. The number of benzene rings is 1. The second kappa shape index (κ2) is 6.13. The molecular weight excluding hydrogens is 302 g/mol. The number of fused-ring (bicyclic) bond motifs is 1. The summed E-state index contributed by atoms with van der Waals surface area (Å²) in [6.07, 6.45) is 6.53. The summed E-state index contributed by atoms with van der Waals surface area (Å²) >= 11 is 0. The van der Waals surface area contributed by atoms with E-state index in [4.69, 9.17) is 10.5 Å². The number of hydrogen-bond donors (Lipinski definition) is 2. The number of nitrogens with one attached hydrogen (secondary N) is 1. The molecule has 0 unspecified atom stereocenters. The van der Waals surface area contributed by atoms with E-state index < -0.39 is 5.91 Å². The summed E-state index contributed by atoms with van der Waals surface area (Å²) in [5, 5.41) is 0.931. The minimum Gasteiger partial charge on any atom is -0.492 e. The highest BCUT2D eigenvalue weighted by Gasteiger charge is 2.44. The van der Waals surface area contributed by atoms with Gasteiger partial charge in [-0.2, -0.15) is 0 Å². The summed E-state index contributed by atoms with van der Waals surface area (Å²) in [5.74, 6) is 0.391. The highest BCUT2D eigenvalue weighted by molar-refractivity contribution is 5.98. The lowest BCUT2D eigenvalue weighted by Gasteiger charge is -2.30. The zero-order valence-corrected chi connectivity index (χ0v) is 14.0. The number of H-pyrrole nitrogens is 1. The molecule has 1 saturated carbocycles. The smallest absolute Gasteiger partial charge is 0.265 e. The van der Waals surface area contributed by atoms with Gasteiger partial charge in [0.15, 0.2) is 0 Å². The molecule has 1 aromatic heterocycles. The fraction of sp³-hybridized carbons (Fsp3) is 0.526. The molecule has 5 heteroatoms. The number of carbonyl (C=O) groups is 1. The second-order valence-corrected chi connectivity index (χ2v) is 7.39. The van der Waals surface area contributed by atoms with Crippen LogP contribution in [0.15, 0.2) is 24.3 Å². The molecule has 1 aliphatic carbocycles. The van der Waals surface area contributed by atoms with E-state index in [1.807, 2.05) is 18.2 Å². The third kappa shape index (κ3) is 3.13. The van der Waals surface area contributed by atoms with Crippen molar-refractivity contribution in [2.75, 3.05) is 26.2 Å². The number of likely N-dealkylation sites (tertiary alicyclic amines) is 1. The van der Waals surface area contributed by atoms with E-state index in [1.165, 1.54) is 45.2 Å². The van der Waals surface area contributed by atoms with Crippen molar-refractivity contribution >= 4 is 16.8 Å². The number of nitrogens with zero attached hydrogens (tertiary/aromatic N) is 1. The Morgan fingerprint density at radius 3 is 2.75 bits per heavy atom. The molecule has 2 heterocycles. The molecule has 5 nitrogen and oxygen atoms in total. The number of piperidine rings is 1. The summed E-state index contributed by atoms with van der Waals surface area (Å²) in [4.78, 5) is 17.0. The van der Waals surface area contributed by atoms with Gasteiger partial charge in [-0.3, -0.25) is 4.79 Å². The normalized spacial score (nSPS) is 20.2. The van der Waals surface area contributed by atoms with E-state index in [2.05, 4.69) is 9.88 Å². The largest absolute Gasteiger partial charge is 0.492 e. The van der Waals surface area contributed by atoms with Gasteiger partial charge in [0.1, 0.15) is 11.4 Å². The number of primary amides is 1. The van der Waals surface area contributed by atoms with E-state index in [0.717, 1.165) is 29.8 Å². The van der Waals surface area contributed by atoms with Crippen LogP contribution in [0, 0.1) is 5.41 Å². The molecule has 2 aromatic rings. The molecule has 128 valence electrons. The van der Waals surface area contributed by atoms with Crippen LogP contribution < -0.4 is 10.5 Å². The topological polar surface area (TPSA) is 71.4 Å². The van der Waals surface area contributed by atoms with Crippen molar-refractivity contribution in [3.63, 3.8) is 0 Å². The molecule has 0 spiro atoms. The average molecular weight is 327 g/mol. The maximum Gasteiger partial charge on any atom is 0.265 e. The molecule has 0 bridgehead atoms. The summed E-state index contributed by atoms with van der Waals surface area (Å²) in [6, 6.07) is 7.65. The Hall–Kier alpha value is -2.01. The number of ether oxygens (including phenoxy) is 1. The van der Waals surface area contributed by atoms with Crippen LogP contribution in [0.3, 0.4) is 0 Å². The van der Waals surface area contributed by atoms with Crippen LogP contribution >= 0.6 is 0 Å². The maximum atomic E-state index is 11.4. The van der Waals surface area contributed by atoms with Gasteiger partial charge in [0.25, 0.3) is 5.91 Å². The van der Waals surface area contributed by atoms with Crippen LogP contribution in [0.4, 0.5) is 0 Å². The van der Waals surface area contributed by atoms with E-state index in [9.17, 15) is 4.79 Å². The van der Waals surface area contributed by atoms with Crippen molar-refractivity contribution in [2.24, 2.45) is 11.1 Å². The van der Waals surface area contributed by atoms with Crippen LogP contribution in [0.5, 0.6) is 5.75 Å². The molecule has 3 N–H and O–H groups in total.